The number of nitrogens with two attached hydrogens (primary N) is 1. The van der Waals surface area contributed by atoms with Crippen molar-refractivity contribution in [2.45, 2.75) is 37.3 Å². The highest BCUT2D eigenvalue weighted by molar-refractivity contribution is 7.85. The van der Waals surface area contributed by atoms with Gasteiger partial charge in [-0.15, -0.1) is 0 Å². The van der Waals surface area contributed by atoms with E-state index in [0.717, 1.165) is 17.5 Å². The second kappa shape index (κ2) is 12.9. The maximum atomic E-state index is 11.9. The van der Waals surface area contributed by atoms with Crippen molar-refractivity contribution in [3.8, 4) is 0 Å². The molecule has 32 heavy (non-hydrogen) atoms. The molecule has 3 N–H and O–H groups in total. The van der Waals surface area contributed by atoms with Crippen LogP contribution in [0.15, 0.2) is 89.8 Å². The molecule has 0 aromatic heterocycles. The fourth-order valence-corrected chi connectivity index (χ4v) is 3.27. The Morgan fingerprint density at radius 3 is 1.97 bits per heavy atom. The van der Waals surface area contributed by atoms with E-state index >= 15 is 0 Å². The first kappa shape index (κ1) is 25.4. The van der Waals surface area contributed by atoms with Crippen LogP contribution in [0.1, 0.15) is 23.1 Å². The molecule has 3 aromatic carbocycles. The molecule has 0 heterocycles. The van der Waals surface area contributed by atoms with Crippen LogP contribution in [-0.4, -0.2) is 31.4 Å². The summed E-state index contributed by atoms with van der Waals surface area (Å²) in [5, 5.41) is 0. The third kappa shape index (κ3) is 9.53. The van der Waals surface area contributed by atoms with Gasteiger partial charge in [-0.05, 0) is 43.0 Å². The van der Waals surface area contributed by atoms with E-state index in [-0.39, 0.29) is 17.3 Å². The molecule has 0 spiro atoms. The van der Waals surface area contributed by atoms with Crippen LogP contribution in [0.5, 0.6) is 0 Å². The predicted molar refractivity (Wildman–Crippen MR) is 125 cm³/mol. The van der Waals surface area contributed by atoms with Crippen molar-refractivity contribution in [1.82, 2.24) is 0 Å². The second-order valence-corrected chi connectivity index (χ2v) is 8.79. The van der Waals surface area contributed by atoms with Gasteiger partial charge in [0.25, 0.3) is 10.1 Å². The first-order chi connectivity index (χ1) is 15.3. The van der Waals surface area contributed by atoms with Gasteiger partial charge in [0.1, 0.15) is 6.61 Å². The average Bonchev–Trinajstić information content (AvgIpc) is 2.79. The van der Waals surface area contributed by atoms with E-state index in [1.165, 1.54) is 17.7 Å². The summed E-state index contributed by atoms with van der Waals surface area (Å²) in [4.78, 5) is 11.8. The van der Waals surface area contributed by atoms with E-state index in [9.17, 15) is 13.2 Å². The number of hydrogen-bond donors (Lipinski definition) is 2. The van der Waals surface area contributed by atoms with Gasteiger partial charge in [-0.1, -0.05) is 78.4 Å². The molecule has 0 saturated heterocycles. The largest absolute Gasteiger partial charge is 0.369 e. The zero-order chi connectivity index (χ0) is 23.4. The van der Waals surface area contributed by atoms with Crippen molar-refractivity contribution in [3.05, 3.63) is 102 Å². The summed E-state index contributed by atoms with van der Waals surface area (Å²) in [7, 11) is -4.02. The third-order valence-corrected chi connectivity index (χ3v) is 5.54. The molecular formula is C25H29NO5S. The van der Waals surface area contributed by atoms with E-state index in [1.807, 2.05) is 67.6 Å². The Hall–Kier alpha value is -2.84. The lowest BCUT2D eigenvalue weighted by Crippen LogP contribution is -2.33. The fraction of sp³-hybridized carbons (Fsp3) is 0.240. The molecular weight excluding hydrogens is 426 g/mol. The molecule has 6 nitrogen and oxygen atoms in total. The summed E-state index contributed by atoms with van der Waals surface area (Å²) in [6.07, 6.45) is 1.46. The third-order valence-electron chi connectivity index (χ3n) is 4.68. The maximum Gasteiger partial charge on any atom is 0.294 e. The number of rotatable bonds is 9. The van der Waals surface area contributed by atoms with Crippen molar-refractivity contribution in [1.29, 1.82) is 0 Å². The van der Waals surface area contributed by atoms with Crippen molar-refractivity contribution in [2.75, 3.05) is 6.61 Å². The second-order valence-electron chi connectivity index (χ2n) is 7.36. The Bertz CT molecular complexity index is 1050. The highest BCUT2D eigenvalue weighted by Gasteiger charge is 2.13. The molecule has 0 bridgehead atoms. The first-order valence-corrected chi connectivity index (χ1v) is 11.7. The Kier molecular flexibility index (Phi) is 10.2. The maximum absolute atomic E-state index is 11.9. The average molecular weight is 456 g/mol. The van der Waals surface area contributed by atoms with Gasteiger partial charge in [-0.25, -0.2) is 0 Å². The molecule has 0 aliphatic rings. The van der Waals surface area contributed by atoms with Crippen LogP contribution in [0.2, 0.25) is 0 Å². The highest BCUT2D eigenvalue weighted by Crippen LogP contribution is 2.08. The van der Waals surface area contributed by atoms with Gasteiger partial charge in [0.05, 0.1) is 17.5 Å². The van der Waals surface area contributed by atoms with Crippen LogP contribution in [0.25, 0.3) is 0 Å². The zero-order valence-corrected chi connectivity index (χ0v) is 18.9. The lowest BCUT2D eigenvalue weighted by Gasteiger charge is -2.11. The van der Waals surface area contributed by atoms with Crippen LogP contribution in [-0.2, 0) is 32.7 Å². The van der Waals surface area contributed by atoms with Crippen molar-refractivity contribution in [2.24, 2.45) is 5.73 Å². The van der Waals surface area contributed by atoms with Crippen molar-refractivity contribution >= 4 is 15.9 Å². The summed E-state index contributed by atoms with van der Waals surface area (Å²) in [6.45, 7) is 2.36. The molecule has 0 amide bonds. The van der Waals surface area contributed by atoms with Crippen molar-refractivity contribution in [3.63, 3.8) is 0 Å². The van der Waals surface area contributed by atoms with Gasteiger partial charge in [-0.3, -0.25) is 9.35 Å². The minimum Gasteiger partial charge on any atom is -0.369 e. The first-order valence-electron chi connectivity index (χ1n) is 10.2. The topological polar surface area (TPSA) is 107 Å². The molecule has 3 aromatic rings. The van der Waals surface area contributed by atoms with Gasteiger partial charge in [0.15, 0.2) is 5.78 Å². The Morgan fingerprint density at radius 1 is 0.906 bits per heavy atom. The minimum atomic E-state index is -4.02. The standard InChI is InChI=1S/C18H21NO2.C7H8O3S/c19-17(12-11-15-7-3-1-4-8-15)18(20)14-21-13-16-9-5-2-6-10-16;1-6-2-4-7(5-3-6)11(8,9)10/h1-10,17H,11-14,19H2;2-5H,1H3,(H,8,9,10). The Morgan fingerprint density at radius 2 is 1.44 bits per heavy atom. The molecule has 3 rings (SSSR count). The van der Waals surface area contributed by atoms with E-state index in [0.29, 0.717) is 13.0 Å². The number of ketones is 1. The number of hydrogen-bond acceptors (Lipinski definition) is 5. The van der Waals surface area contributed by atoms with Crippen LogP contribution in [0, 0.1) is 6.92 Å². The summed E-state index contributed by atoms with van der Waals surface area (Å²) in [6, 6.07) is 25.4. The monoisotopic (exact) mass is 455 g/mol. The Balaban J connectivity index is 0.000000278. The molecule has 0 radical (unpaired) electrons. The molecule has 7 heteroatoms. The minimum absolute atomic E-state index is 0.0399. The van der Waals surface area contributed by atoms with Gasteiger partial charge in [0.2, 0.25) is 0 Å². The van der Waals surface area contributed by atoms with E-state index in [1.54, 1.807) is 12.1 Å². The van der Waals surface area contributed by atoms with Gasteiger partial charge < -0.3 is 10.5 Å². The Labute approximate surface area is 189 Å². The van der Waals surface area contributed by atoms with Crippen LogP contribution in [0.4, 0.5) is 0 Å². The highest BCUT2D eigenvalue weighted by atomic mass is 32.2. The SMILES string of the molecule is Cc1ccc(S(=O)(=O)O)cc1.NC(CCc1ccccc1)C(=O)COCc1ccccc1. The van der Waals surface area contributed by atoms with Gasteiger partial charge >= 0.3 is 0 Å². The molecule has 1 unspecified atom stereocenters. The quantitative estimate of drug-likeness (QED) is 0.473. The van der Waals surface area contributed by atoms with Crippen LogP contribution in [0.3, 0.4) is 0 Å². The van der Waals surface area contributed by atoms with Gasteiger partial charge in [0, 0.05) is 0 Å². The molecule has 0 saturated carbocycles. The molecule has 1 atom stereocenters. The zero-order valence-electron chi connectivity index (χ0n) is 18.1. The number of carbonyl (C=O) groups excluding carboxylic acids is 1. The number of aryl methyl sites for hydroxylation is 2. The lowest BCUT2D eigenvalue weighted by atomic mass is 10.0. The number of ether oxygens (including phenoxy) is 1. The van der Waals surface area contributed by atoms with Crippen LogP contribution < -0.4 is 5.73 Å². The fourth-order valence-electron chi connectivity index (χ4n) is 2.79. The summed E-state index contributed by atoms with van der Waals surface area (Å²) in [5.74, 6) is -0.0399. The number of Topliss-reactive ketones (excluding diaryl/α,β-unsaturated/α-hetero) is 1. The van der Waals surface area contributed by atoms with Crippen molar-refractivity contribution < 1.29 is 22.5 Å². The number of benzene rings is 3. The molecule has 0 aliphatic heterocycles. The molecule has 0 aliphatic carbocycles. The summed E-state index contributed by atoms with van der Waals surface area (Å²) >= 11 is 0. The summed E-state index contributed by atoms with van der Waals surface area (Å²) in [5.41, 5.74) is 9.13. The van der Waals surface area contributed by atoms with E-state index in [4.69, 9.17) is 15.0 Å². The van der Waals surface area contributed by atoms with Crippen LogP contribution >= 0.6 is 0 Å². The number of carbonyl (C=O) groups is 1. The molecule has 170 valence electrons. The normalized spacial score (nSPS) is 11.8. The predicted octanol–water partition coefficient (Wildman–Crippen LogP) is 3.97. The summed E-state index contributed by atoms with van der Waals surface area (Å²) < 4.78 is 35.0. The smallest absolute Gasteiger partial charge is 0.294 e. The van der Waals surface area contributed by atoms with E-state index in [2.05, 4.69) is 0 Å². The van der Waals surface area contributed by atoms with Gasteiger partial charge in [-0.2, -0.15) is 8.42 Å². The molecule has 0 fully saturated rings. The lowest BCUT2D eigenvalue weighted by molar-refractivity contribution is -0.125. The van der Waals surface area contributed by atoms with E-state index < -0.39 is 16.2 Å².